The largest absolute Gasteiger partial charge is 0.482 e. The molecule has 1 aromatic rings. The van der Waals surface area contributed by atoms with Gasteiger partial charge in [0.1, 0.15) is 5.75 Å². The van der Waals surface area contributed by atoms with Crippen molar-refractivity contribution in [1.29, 1.82) is 0 Å². The zero-order valence-electron chi connectivity index (χ0n) is 14.3. The smallest absolute Gasteiger partial charge is 0.439 e. The van der Waals surface area contributed by atoms with Gasteiger partial charge in [0.05, 0.1) is 10.9 Å². The molecule has 0 aromatic heterocycles. The molecule has 1 aliphatic carbocycles. The number of fused-ring (bicyclic) bond motifs is 1. The Kier molecular flexibility index (Phi) is 5.35. The van der Waals surface area contributed by atoms with E-state index < -0.39 is 30.3 Å². The van der Waals surface area contributed by atoms with Crippen molar-refractivity contribution in [1.82, 2.24) is 5.01 Å². The van der Waals surface area contributed by atoms with Gasteiger partial charge in [-0.25, -0.2) is 0 Å². The number of rotatable bonds is 3. The Hall–Kier alpha value is -1.51. The molecule has 2 aliphatic rings. The van der Waals surface area contributed by atoms with E-state index in [1.165, 1.54) is 18.2 Å². The standard InChI is InChI=1S/C17H17Cl2F3N2O3/c1-9-2-4-13-11(6-9)16(26,17(20,21)22)24(23-13)15(25)8-27-14-5-3-10(18)7-12(14)19/h3,5,7,9,11,26H,2,4,6,8H2,1H3/t9-,11-,16+/m1/s1. The van der Waals surface area contributed by atoms with E-state index in [0.717, 1.165) is 0 Å². The predicted octanol–water partition coefficient (Wildman–Crippen LogP) is 4.26. The van der Waals surface area contributed by atoms with Crippen molar-refractivity contribution in [2.24, 2.45) is 16.9 Å². The van der Waals surface area contributed by atoms with Crippen LogP contribution in [0.5, 0.6) is 5.75 Å². The number of benzene rings is 1. The van der Waals surface area contributed by atoms with Crippen molar-refractivity contribution in [2.75, 3.05) is 6.61 Å². The summed E-state index contributed by atoms with van der Waals surface area (Å²) in [5.74, 6) is -2.32. The minimum absolute atomic E-state index is 0.0120. The normalized spacial score (nSPS) is 28.0. The van der Waals surface area contributed by atoms with Crippen molar-refractivity contribution in [2.45, 2.75) is 38.1 Å². The maximum absolute atomic E-state index is 13.7. The van der Waals surface area contributed by atoms with Crippen LogP contribution in [0.2, 0.25) is 10.0 Å². The Bertz CT molecular complexity index is 787. The Morgan fingerprint density at radius 3 is 2.78 bits per heavy atom. The number of carbonyl (C=O) groups is 1. The van der Waals surface area contributed by atoms with E-state index in [2.05, 4.69) is 5.10 Å². The number of carbonyl (C=O) groups excluding carboxylic acids is 1. The van der Waals surface area contributed by atoms with Crippen LogP contribution in [0.25, 0.3) is 0 Å². The highest BCUT2D eigenvalue weighted by Crippen LogP contribution is 2.49. The van der Waals surface area contributed by atoms with E-state index in [4.69, 9.17) is 27.9 Å². The molecule has 3 atom stereocenters. The number of nitrogens with zero attached hydrogens (tertiary/aromatic N) is 2. The van der Waals surface area contributed by atoms with Crippen LogP contribution in [-0.4, -0.2) is 40.2 Å². The number of hydrogen-bond acceptors (Lipinski definition) is 4. The Morgan fingerprint density at radius 1 is 1.44 bits per heavy atom. The number of amides is 1. The zero-order chi connectivity index (χ0) is 20.0. The van der Waals surface area contributed by atoms with E-state index in [1.807, 2.05) is 6.92 Å². The van der Waals surface area contributed by atoms with Crippen LogP contribution in [0.1, 0.15) is 26.2 Å². The van der Waals surface area contributed by atoms with Crippen LogP contribution >= 0.6 is 23.2 Å². The van der Waals surface area contributed by atoms with Crippen molar-refractivity contribution in [3.63, 3.8) is 0 Å². The first-order valence-corrected chi connectivity index (χ1v) is 9.07. The second-order valence-electron chi connectivity index (χ2n) is 6.82. The van der Waals surface area contributed by atoms with Gasteiger partial charge >= 0.3 is 6.18 Å². The number of ether oxygens (including phenoxy) is 1. The van der Waals surface area contributed by atoms with E-state index >= 15 is 0 Å². The lowest BCUT2D eigenvalue weighted by molar-refractivity contribution is -0.318. The molecule has 1 amide bonds. The highest BCUT2D eigenvalue weighted by atomic mass is 35.5. The molecule has 0 spiro atoms. The summed E-state index contributed by atoms with van der Waals surface area (Å²) in [4.78, 5) is 12.4. The highest BCUT2D eigenvalue weighted by molar-refractivity contribution is 6.35. The first-order valence-electron chi connectivity index (χ1n) is 8.31. The average Bonchev–Trinajstić information content (AvgIpc) is 2.87. The molecule has 0 radical (unpaired) electrons. The van der Waals surface area contributed by atoms with Gasteiger partial charge < -0.3 is 9.84 Å². The van der Waals surface area contributed by atoms with E-state index in [0.29, 0.717) is 17.9 Å². The Balaban J connectivity index is 1.82. The summed E-state index contributed by atoms with van der Waals surface area (Å²) in [5.41, 5.74) is -3.19. The quantitative estimate of drug-likeness (QED) is 0.788. The molecule has 1 aromatic carbocycles. The maximum Gasteiger partial charge on any atom is 0.439 e. The van der Waals surface area contributed by atoms with Gasteiger partial charge in [-0.05, 0) is 43.4 Å². The van der Waals surface area contributed by atoms with Crippen LogP contribution in [0.3, 0.4) is 0 Å². The number of halogens is 5. The summed E-state index contributed by atoms with van der Waals surface area (Å²) in [7, 11) is 0. The van der Waals surface area contributed by atoms with Gasteiger partial charge in [-0.1, -0.05) is 30.1 Å². The Labute approximate surface area is 163 Å². The molecular weight excluding hydrogens is 408 g/mol. The van der Waals surface area contributed by atoms with Crippen molar-refractivity contribution >= 4 is 34.8 Å². The Morgan fingerprint density at radius 2 is 2.15 bits per heavy atom. The van der Waals surface area contributed by atoms with E-state index in [9.17, 15) is 23.1 Å². The molecule has 5 nitrogen and oxygen atoms in total. The van der Waals surface area contributed by atoms with Crippen LogP contribution in [0.15, 0.2) is 23.3 Å². The van der Waals surface area contributed by atoms with Crippen molar-refractivity contribution in [3.05, 3.63) is 28.2 Å². The molecule has 27 heavy (non-hydrogen) atoms. The van der Waals surface area contributed by atoms with E-state index in [-0.39, 0.29) is 33.8 Å². The second kappa shape index (κ2) is 7.14. The molecule has 0 saturated heterocycles. The second-order valence-corrected chi connectivity index (χ2v) is 7.66. The van der Waals surface area contributed by atoms with Crippen LogP contribution < -0.4 is 4.74 Å². The fourth-order valence-electron chi connectivity index (χ4n) is 3.45. The summed E-state index contributed by atoms with van der Waals surface area (Å²) >= 11 is 11.7. The zero-order valence-corrected chi connectivity index (χ0v) is 15.8. The van der Waals surface area contributed by atoms with Crippen LogP contribution in [-0.2, 0) is 4.79 Å². The fourth-order valence-corrected chi connectivity index (χ4v) is 3.91. The van der Waals surface area contributed by atoms with Gasteiger partial charge in [-0.2, -0.15) is 23.3 Å². The SMILES string of the molecule is C[C@@H]1CCC2=NN(C(=O)COc3ccc(Cl)cc3Cl)[C@@](O)(C(F)(F)F)[C@@H]2C1. The molecule has 0 unspecified atom stereocenters. The van der Waals surface area contributed by atoms with Gasteiger partial charge in [0.15, 0.2) is 6.61 Å². The van der Waals surface area contributed by atoms with Gasteiger partial charge in [-0.3, -0.25) is 4.79 Å². The van der Waals surface area contributed by atoms with Gasteiger partial charge in [0.2, 0.25) is 0 Å². The lowest BCUT2D eigenvalue weighted by Crippen LogP contribution is -2.62. The molecule has 0 bridgehead atoms. The molecule has 1 saturated carbocycles. The minimum atomic E-state index is -5.06. The summed E-state index contributed by atoms with van der Waals surface area (Å²) in [6.45, 7) is 1.04. The predicted molar refractivity (Wildman–Crippen MR) is 93.7 cm³/mol. The molecular formula is C17H17Cl2F3N2O3. The van der Waals surface area contributed by atoms with Gasteiger partial charge in [0, 0.05) is 10.7 Å². The lowest BCUT2D eigenvalue weighted by atomic mass is 9.76. The monoisotopic (exact) mass is 424 g/mol. The van der Waals surface area contributed by atoms with Gasteiger partial charge in [0.25, 0.3) is 11.6 Å². The van der Waals surface area contributed by atoms with Crippen LogP contribution in [0, 0.1) is 11.8 Å². The number of hydrazone groups is 1. The third-order valence-electron chi connectivity index (χ3n) is 4.87. The third kappa shape index (κ3) is 3.62. The third-order valence-corrected chi connectivity index (χ3v) is 5.40. The van der Waals surface area contributed by atoms with Crippen LogP contribution in [0.4, 0.5) is 13.2 Å². The number of alkyl halides is 3. The molecule has 1 fully saturated rings. The molecule has 3 rings (SSSR count). The molecule has 1 heterocycles. The summed E-state index contributed by atoms with van der Waals surface area (Å²) in [6.07, 6.45) is -4.00. The first-order chi connectivity index (χ1) is 12.5. The molecule has 148 valence electrons. The van der Waals surface area contributed by atoms with Crippen molar-refractivity contribution < 1.29 is 27.8 Å². The number of hydrogen-bond donors (Lipinski definition) is 1. The average molecular weight is 425 g/mol. The van der Waals surface area contributed by atoms with E-state index in [1.54, 1.807) is 0 Å². The van der Waals surface area contributed by atoms with Gasteiger partial charge in [-0.15, -0.1) is 0 Å². The lowest BCUT2D eigenvalue weighted by Gasteiger charge is -2.39. The molecule has 1 aliphatic heterocycles. The fraction of sp³-hybridized carbons (Fsp3) is 0.529. The topological polar surface area (TPSA) is 62.1 Å². The maximum atomic E-state index is 13.7. The molecule has 10 heteroatoms. The highest BCUT2D eigenvalue weighted by Gasteiger charge is 2.68. The minimum Gasteiger partial charge on any atom is -0.482 e. The molecule has 1 N–H and O–H groups in total. The summed E-state index contributed by atoms with van der Waals surface area (Å²) in [6, 6.07) is 4.23. The summed E-state index contributed by atoms with van der Waals surface area (Å²) < 4.78 is 46.4. The number of aliphatic hydroxyl groups is 1. The summed E-state index contributed by atoms with van der Waals surface area (Å²) in [5, 5.41) is 14.9. The first kappa shape index (κ1) is 20.2. The van der Waals surface area contributed by atoms with Crippen molar-refractivity contribution in [3.8, 4) is 5.75 Å².